The minimum absolute atomic E-state index is 0. The van der Waals surface area contributed by atoms with Crippen molar-refractivity contribution in [2.24, 2.45) is 0 Å². The molecule has 0 fully saturated rings. The summed E-state index contributed by atoms with van der Waals surface area (Å²) < 4.78 is 0. The molecule has 0 aromatic heterocycles. The van der Waals surface area contributed by atoms with Gasteiger partial charge in [0.1, 0.15) is 0 Å². The first-order valence-corrected chi connectivity index (χ1v) is 0. The Bertz CT molecular complexity index is 68.9. The topological polar surface area (TPSA) is 1210 Å². The molecule has 0 aliphatic carbocycles. The van der Waals surface area contributed by atoms with Gasteiger partial charge in [0.25, 0.3) is 0 Å². The van der Waals surface area contributed by atoms with Crippen molar-refractivity contribution in [2.45, 2.75) is 0 Å². The predicted molar refractivity (Wildman–Crippen MR) is 68.7 cm³/mol. The van der Waals surface area contributed by atoms with E-state index in [1.165, 1.54) is 0 Å². The van der Waals surface area contributed by atoms with E-state index in [9.17, 15) is 0 Å². The van der Waals surface area contributed by atoms with Crippen molar-refractivity contribution in [3.05, 3.63) is 0 Å². The van der Waals surface area contributed by atoms with Crippen LogP contribution in [0.4, 0.5) is 0 Å². The summed E-state index contributed by atoms with van der Waals surface area (Å²) in [6.07, 6.45) is 0. The molecule has 400 valence electrons. The average Bonchev–Trinajstić information content (AvgIpc) is 0. The maximum atomic E-state index is 0. The molecule has 0 unspecified atom stereocenters. The van der Waals surface area contributed by atoms with E-state index in [1.807, 2.05) is 0 Å². The van der Waals surface area contributed by atoms with Gasteiger partial charge in [-0.2, -0.15) is 0 Å². The molecule has 0 saturated carbocycles. The smallest absolute Gasteiger partial charge is 1.00 e. The van der Waals surface area contributed by atoms with Gasteiger partial charge in [0.05, 0.1) is 0 Å². The molecule has 0 rings (SSSR count). The molecule has 28 N–H and O–H groups in total. The molecule has 0 bridgehead atoms. The molecule has 0 radical (unpaired) electrons. The van der Waals surface area contributed by atoms with Gasteiger partial charge in [0, 0.05) is 253 Å². The second-order valence-corrected chi connectivity index (χ2v) is 0. The summed E-state index contributed by atoms with van der Waals surface area (Å²) in [6.45, 7) is 0. The Kier molecular flexibility index (Phi) is 81700. The molecule has 41 nitrogen and oxygen atoms in total. The monoisotopic (exact) mass is 3030 g/mol. The van der Waals surface area contributed by atoms with Gasteiger partial charge in [0.15, 0.2) is 0 Å². The summed E-state index contributed by atoms with van der Waals surface area (Å²) in [7, 11) is 0. The summed E-state index contributed by atoms with van der Waals surface area (Å²) in [5.41, 5.74) is 0. The third kappa shape index (κ3) is 2090. The second kappa shape index (κ2) is 2150. The fourth-order valence-corrected chi connectivity index (χ4v) is 0. The van der Waals surface area contributed by atoms with E-state index in [-0.39, 0.29) is 655 Å². The summed E-state index contributed by atoms with van der Waals surface area (Å²) in [5, 5.41) is 0. The molecule has 59 heavy (non-hydrogen) atoms. The molecule has 0 atom stereocenters. The number of hydrogen-bond donors (Lipinski definition) is 0. The molecule has 0 spiro atoms. The van der Waals surface area contributed by atoms with Gasteiger partial charge in [-0.05, 0) is 0 Å². The molecular weight excluding hydrogens is 3000 g/mol. The molecule has 0 aromatic rings. The van der Waals surface area contributed by atoms with Crippen molar-refractivity contribution in [2.75, 3.05) is 0 Å². The van der Waals surface area contributed by atoms with E-state index in [2.05, 4.69) is 0 Å². The van der Waals surface area contributed by atoms with Crippen molar-refractivity contribution in [3.63, 3.8) is 0 Å². The van der Waals surface area contributed by atoms with Crippen LogP contribution < -0.4 is 177 Å². The largest absolute Gasteiger partial charge is 2.00 e. The molecule has 0 heterocycles. The summed E-state index contributed by atoms with van der Waals surface area (Å²) in [5.74, 6) is 0. The SMILES string of the molecule is O.O.O.O.O.O.O.O.O.O.O.O.O.[Na+].[Na+].[Na+].[Na+].[Na+].[Na+].[O-2].[O-2].[O-2].[O-2].[O-2].[O-2].[O-2].[O-2].[O-2].[O-2].[O-2].[O-2].[O-2].[O-2].[O-2].[O-2].[O-2].[O-2].[O-2].[O-2].[O-2].[O-2].[O-2].[O-2].[O-2].[O-2].[OH-].[OH-].[W].[W].[W].[W].[W].[W].[W].[W].[W].[W].[W].[W]. The van der Waals surface area contributed by atoms with Crippen molar-refractivity contribution in [3.8, 4) is 0 Å². The van der Waals surface area contributed by atoms with Gasteiger partial charge < -0.3 is 225 Å². The third-order valence-electron chi connectivity index (χ3n) is 0. The first-order valence-electron chi connectivity index (χ1n) is 0. The predicted octanol–water partition coefficient (Wildman–Crippen LogP) is -32.2. The van der Waals surface area contributed by atoms with Crippen molar-refractivity contribution in [1.82, 2.24) is 0 Å². The maximum absolute atomic E-state index is 0. The van der Waals surface area contributed by atoms with Crippen LogP contribution in [0, 0.1) is 0 Å². The quantitative estimate of drug-likeness (QED) is 0.213. The van der Waals surface area contributed by atoms with Gasteiger partial charge in [-0.1, -0.05) is 0 Å². The third-order valence-corrected chi connectivity index (χ3v) is 0. The second-order valence-electron chi connectivity index (χ2n) is 0. The van der Waals surface area contributed by atoms with Crippen LogP contribution in [0.25, 0.3) is 0 Å². The Morgan fingerprint density at radius 1 is 0.0847 bits per heavy atom. The normalized spacial score (nSPS) is 0. The first-order chi connectivity index (χ1) is 0. The Morgan fingerprint density at radius 2 is 0.0847 bits per heavy atom. The average molecular weight is 3030 g/mol. The van der Waals surface area contributed by atoms with Crippen LogP contribution in [0.15, 0.2) is 0 Å². The van der Waals surface area contributed by atoms with Crippen LogP contribution in [-0.2, 0) is 395 Å². The van der Waals surface area contributed by atoms with Crippen LogP contribution in [0.3, 0.4) is 0 Å². The van der Waals surface area contributed by atoms with E-state index in [0.717, 1.165) is 0 Å². The minimum atomic E-state index is 0. The van der Waals surface area contributed by atoms with Gasteiger partial charge in [-0.25, -0.2) is 0 Å². The van der Waals surface area contributed by atoms with Crippen molar-refractivity contribution < 1.29 is 655 Å². The minimum Gasteiger partial charge on any atom is -2.00 e. The van der Waals surface area contributed by atoms with Crippen LogP contribution in [0.2, 0.25) is 0 Å². The zero-order valence-electron chi connectivity index (χ0n) is 28.9. The molecular formula is H28Na6O41W12-48. The Hall–Kier alpha value is 12.6. The van der Waals surface area contributed by atoms with Crippen molar-refractivity contribution in [1.29, 1.82) is 0 Å². The van der Waals surface area contributed by atoms with E-state index in [1.54, 1.807) is 0 Å². The van der Waals surface area contributed by atoms with Gasteiger partial charge >= 0.3 is 177 Å². The zero-order chi connectivity index (χ0) is 0. The number of rotatable bonds is 0. The van der Waals surface area contributed by atoms with Gasteiger partial charge in [-0.3, -0.25) is 0 Å². The van der Waals surface area contributed by atoms with E-state index in [4.69, 9.17) is 0 Å². The molecule has 0 saturated heterocycles. The zero-order valence-corrected chi connectivity index (χ0v) is 76.1. The van der Waals surface area contributed by atoms with Gasteiger partial charge in [-0.15, -0.1) is 0 Å². The summed E-state index contributed by atoms with van der Waals surface area (Å²) in [6, 6.07) is 0. The van der Waals surface area contributed by atoms with Crippen LogP contribution in [0.1, 0.15) is 0 Å². The molecule has 0 amide bonds. The molecule has 59 heteroatoms. The fraction of sp³-hybridized carbons (Fsp3) is 0. The fourth-order valence-electron chi connectivity index (χ4n) is 0. The van der Waals surface area contributed by atoms with E-state index in [0.29, 0.717) is 0 Å². The van der Waals surface area contributed by atoms with Crippen LogP contribution in [0.5, 0.6) is 0 Å². The Balaban J connectivity index is 0. The van der Waals surface area contributed by atoms with E-state index < -0.39 is 0 Å². The maximum Gasteiger partial charge on any atom is 1.00 e. The summed E-state index contributed by atoms with van der Waals surface area (Å²) >= 11 is 0. The Morgan fingerprint density at radius 3 is 0.0847 bits per heavy atom. The molecule has 0 aliphatic rings. The van der Waals surface area contributed by atoms with Crippen LogP contribution >= 0.6 is 0 Å². The van der Waals surface area contributed by atoms with Crippen molar-refractivity contribution >= 4 is 0 Å². The van der Waals surface area contributed by atoms with Gasteiger partial charge in [0.2, 0.25) is 0 Å². The van der Waals surface area contributed by atoms with E-state index >= 15 is 0 Å². The molecule has 0 aromatic carbocycles. The standard InChI is InChI=1S/6Na.15H2O.26O.12W/h;;;;;;15*1H2;;;;;;;;;;;;;;;;;;;;;;;;;;;;;;;;;;;;;;/q6*+1;;;;;;;;;;;;;;;;26*-2;;;;;;;;;;;;/p-2. The number of hydrogen-bond acceptors (Lipinski definition) is 2. The van der Waals surface area contributed by atoms with Crippen LogP contribution in [-0.4, -0.2) is 82.1 Å². The first kappa shape index (κ1) is 2240. The summed E-state index contributed by atoms with van der Waals surface area (Å²) in [4.78, 5) is 0. The molecule has 0 aliphatic heterocycles. The Labute approximate surface area is 641 Å².